The van der Waals surface area contributed by atoms with E-state index in [1.165, 1.54) is 12.3 Å². The molecule has 0 saturated carbocycles. The molecule has 20 heavy (non-hydrogen) atoms. The highest BCUT2D eigenvalue weighted by Gasteiger charge is 2.10. The molecular weight excluding hydrogens is 257 g/mol. The molecule has 2 rings (SSSR count). The number of nitrogens with zero attached hydrogens (tertiary/aromatic N) is 2. The molecule has 0 atom stereocenters. The van der Waals surface area contributed by atoms with Gasteiger partial charge in [-0.1, -0.05) is 12.1 Å². The maximum atomic E-state index is 13.4. The number of carbonyl (C=O) groups excluding carboxylic acids is 1. The number of aromatic nitrogens is 1. The van der Waals surface area contributed by atoms with Crippen LogP contribution in [0.1, 0.15) is 15.9 Å². The summed E-state index contributed by atoms with van der Waals surface area (Å²) in [5.74, 6) is -1.06. The summed E-state index contributed by atoms with van der Waals surface area (Å²) in [6.07, 6.45) is 2.42. The number of anilines is 1. The molecule has 1 amide bonds. The van der Waals surface area contributed by atoms with Gasteiger partial charge < -0.3 is 10.2 Å². The fraction of sp³-hybridized carbons (Fsp3) is 0.200. The van der Waals surface area contributed by atoms with Crippen LogP contribution in [0.2, 0.25) is 0 Å². The van der Waals surface area contributed by atoms with Crippen LogP contribution in [0.3, 0.4) is 0 Å². The lowest BCUT2D eigenvalue weighted by molar-refractivity contribution is 0.0946. The summed E-state index contributed by atoms with van der Waals surface area (Å²) in [5, 5.41) is 2.68. The molecule has 0 radical (unpaired) electrons. The topological polar surface area (TPSA) is 45.2 Å². The first kappa shape index (κ1) is 14.0. The average molecular weight is 273 g/mol. The third-order valence-electron chi connectivity index (χ3n) is 2.92. The van der Waals surface area contributed by atoms with Crippen molar-refractivity contribution in [2.24, 2.45) is 0 Å². The maximum Gasteiger partial charge on any atom is 0.254 e. The Kier molecular flexibility index (Phi) is 4.30. The predicted molar refractivity (Wildman–Crippen MR) is 76.1 cm³/mol. The largest absolute Gasteiger partial charge is 0.378 e. The second kappa shape index (κ2) is 6.14. The summed E-state index contributed by atoms with van der Waals surface area (Å²) in [4.78, 5) is 17.4. The van der Waals surface area contributed by atoms with E-state index < -0.39 is 11.7 Å². The fourth-order valence-electron chi connectivity index (χ4n) is 1.75. The number of amides is 1. The van der Waals surface area contributed by atoms with Gasteiger partial charge in [0.2, 0.25) is 0 Å². The van der Waals surface area contributed by atoms with Crippen LogP contribution >= 0.6 is 0 Å². The van der Waals surface area contributed by atoms with Crippen LogP contribution in [-0.4, -0.2) is 25.0 Å². The van der Waals surface area contributed by atoms with Gasteiger partial charge in [-0.3, -0.25) is 9.78 Å². The number of benzene rings is 1. The summed E-state index contributed by atoms with van der Waals surface area (Å²) in [6, 6.07) is 9.15. The Labute approximate surface area is 117 Å². The van der Waals surface area contributed by atoms with E-state index in [2.05, 4.69) is 10.3 Å². The Hall–Kier alpha value is -2.43. The van der Waals surface area contributed by atoms with Gasteiger partial charge in [0, 0.05) is 32.5 Å². The second-order valence-corrected chi connectivity index (χ2v) is 4.60. The first-order chi connectivity index (χ1) is 9.58. The van der Waals surface area contributed by atoms with Crippen LogP contribution in [0.5, 0.6) is 0 Å². The highest BCUT2D eigenvalue weighted by molar-refractivity contribution is 5.94. The van der Waals surface area contributed by atoms with Crippen molar-refractivity contribution in [3.63, 3.8) is 0 Å². The van der Waals surface area contributed by atoms with Crippen molar-refractivity contribution in [2.45, 2.75) is 6.54 Å². The van der Waals surface area contributed by atoms with Gasteiger partial charge in [-0.15, -0.1) is 0 Å². The zero-order valence-electron chi connectivity index (χ0n) is 11.4. The highest BCUT2D eigenvalue weighted by Crippen LogP contribution is 2.12. The standard InChI is InChI=1S/C15H16FN3O/c1-19(2)12-5-3-11(4-6-12)9-18-15(20)13-7-8-17-10-14(13)16/h3-8,10H,9H2,1-2H3,(H,18,20). The molecule has 0 spiro atoms. The smallest absolute Gasteiger partial charge is 0.254 e. The van der Waals surface area contributed by atoms with Crippen molar-refractivity contribution < 1.29 is 9.18 Å². The van der Waals surface area contributed by atoms with Crippen LogP contribution in [0.4, 0.5) is 10.1 Å². The van der Waals surface area contributed by atoms with Crippen LogP contribution < -0.4 is 10.2 Å². The number of rotatable bonds is 4. The molecular formula is C15H16FN3O. The third kappa shape index (κ3) is 3.32. The van der Waals surface area contributed by atoms with Gasteiger partial charge in [0.1, 0.15) is 0 Å². The quantitative estimate of drug-likeness (QED) is 0.929. The zero-order valence-corrected chi connectivity index (χ0v) is 11.4. The van der Waals surface area contributed by atoms with E-state index in [4.69, 9.17) is 0 Å². The molecule has 1 aromatic heterocycles. The van der Waals surface area contributed by atoms with E-state index in [1.54, 1.807) is 0 Å². The molecule has 0 aliphatic heterocycles. The lowest BCUT2D eigenvalue weighted by atomic mass is 10.2. The van der Waals surface area contributed by atoms with Gasteiger partial charge in [-0.05, 0) is 23.8 Å². The summed E-state index contributed by atoms with van der Waals surface area (Å²) in [7, 11) is 3.92. The number of hydrogen-bond acceptors (Lipinski definition) is 3. The van der Waals surface area contributed by atoms with E-state index in [0.29, 0.717) is 6.54 Å². The minimum Gasteiger partial charge on any atom is -0.378 e. The molecule has 0 saturated heterocycles. The van der Waals surface area contributed by atoms with E-state index in [9.17, 15) is 9.18 Å². The summed E-state index contributed by atoms with van der Waals surface area (Å²) in [5.41, 5.74) is 2.04. The number of halogens is 1. The summed E-state index contributed by atoms with van der Waals surface area (Å²) in [6.45, 7) is 0.355. The Morgan fingerprint density at radius 2 is 1.95 bits per heavy atom. The van der Waals surface area contributed by atoms with E-state index >= 15 is 0 Å². The molecule has 0 fully saturated rings. The van der Waals surface area contributed by atoms with Crippen molar-refractivity contribution in [3.8, 4) is 0 Å². The third-order valence-corrected chi connectivity index (χ3v) is 2.92. The number of pyridine rings is 1. The fourth-order valence-corrected chi connectivity index (χ4v) is 1.75. The van der Waals surface area contributed by atoms with Crippen LogP contribution in [0.25, 0.3) is 0 Å². The number of nitrogens with one attached hydrogen (secondary N) is 1. The van der Waals surface area contributed by atoms with Gasteiger partial charge >= 0.3 is 0 Å². The lowest BCUT2D eigenvalue weighted by Crippen LogP contribution is -2.23. The lowest BCUT2D eigenvalue weighted by Gasteiger charge is -2.13. The van der Waals surface area contributed by atoms with Crippen molar-refractivity contribution in [1.82, 2.24) is 10.3 Å². The van der Waals surface area contributed by atoms with Crippen LogP contribution in [0, 0.1) is 5.82 Å². The monoisotopic (exact) mass is 273 g/mol. The molecule has 0 unspecified atom stereocenters. The van der Waals surface area contributed by atoms with Gasteiger partial charge in [0.15, 0.2) is 5.82 Å². The molecule has 4 nitrogen and oxygen atoms in total. The number of carbonyl (C=O) groups is 1. The molecule has 1 aromatic carbocycles. The summed E-state index contributed by atoms with van der Waals surface area (Å²) >= 11 is 0. The molecule has 0 aliphatic carbocycles. The van der Waals surface area contributed by atoms with E-state index in [-0.39, 0.29) is 5.56 Å². The molecule has 0 bridgehead atoms. The van der Waals surface area contributed by atoms with Crippen molar-refractivity contribution in [3.05, 3.63) is 59.7 Å². The summed E-state index contributed by atoms with van der Waals surface area (Å²) < 4.78 is 13.4. The normalized spacial score (nSPS) is 10.2. The van der Waals surface area contributed by atoms with Crippen molar-refractivity contribution in [1.29, 1.82) is 0 Å². The SMILES string of the molecule is CN(C)c1ccc(CNC(=O)c2ccncc2F)cc1. The first-order valence-corrected chi connectivity index (χ1v) is 6.22. The Bertz CT molecular complexity index is 596. The molecule has 1 N–H and O–H groups in total. The van der Waals surface area contributed by atoms with Gasteiger partial charge in [0.25, 0.3) is 5.91 Å². The van der Waals surface area contributed by atoms with Crippen molar-refractivity contribution >= 4 is 11.6 Å². The van der Waals surface area contributed by atoms with E-state index in [0.717, 1.165) is 17.4 Å². The molecule has 0 aliphatic rings. The minimum atomic E-state index is -0.618. The van der Waals surface area contributed by atoms with Crippen LogP contribution in [0.15, 0.2) is 42.7 Å². The van der Waals surface area contributed by atoms with Gasteiger partial charge in [-0.2, -0.15) is 0 Å². The molecule has 2 aromatic rings. The highest BCUT2D eigenvalue weighted by atomic mass is 19.1. The van der Waals surface area contributed by atoms with Crippen molar-refractivity contribution in [2.75, 3.05) is 19.0 Å². The molecule has 5 heteroatoms. The molecule has 104 valence electrons. The number of hydrogen-bond donors (Lipinski definition) is 1. The van der Waals surface area contributed by atoms with Gasteiger partial charge in [-0.25, -0.2) is 4.39 Å². The zero-order chi connectivity index (χ0) is 14.5. The molecule has 1 heterocycles. The maximum absolute atomic E-state index is 13.4. The van der Waals surface area contributed by atoms with Crippen LogP contribution in [-0.2, 0) is 6.54 Å². The predicted octanol–water partition coefficient (Wildman–Crippen LogP) is 2.22. The Morgan fingerprint density at radius 3 is 2.55 bits per heavy atom. The van der Waals surface area contributed by atoms with Gasteiger partial charge in [0.05, 0.1) is 11.8 Å². The average Bonchev–Trinajstić information content (AvgIpc) is 2.45. The second-order valence-electron chi connectivity index (χ2n) is 4.60. The van der Waals surface area contributed by atoms with E-state index in [1.807, 2.05) is 43.3 Å². The Balaban J connectivity index is 1.98. The Morgan fingerprint density at radius 1 is 1.25 bits per heavy atom. The minimum absolute atomic E-state index is 0.00455. The first-order valence-electron chi connectivity index (χ1n) is 6.22.